The standard InChI is InChI=1S/C10H21N3O/c1-3-6-12-10(14)13(2)9(7-11)8-4-5-8/h8-9H,3-7,11H2,1-2H3,(H,12,14). The third-order valence-corrected chi connectivity index (χ3v) is 2.75. The van der Waals surface area contributed by atoms with Crippen molar-refractivity contribution in [2.45, 2.75) is 32.2 Å². The zero-order valence-corrected chi connectivity index (χ0v) is 9.12. The largest absolute Gasteiger partial charge is 0.338 e. The van der Waals surface area contributed by atoms with Crippen LogP contribution in [0.15, 0.2) is 0 Å². The summed E-state index contributed by atoms with van der Waals surface area (Å²) < 4.78 is 0. The van der Waals surface area contributed by atoms with E-state index < -0.39 is 0 Å². The zero-order valence-electron chi connectivity index (χ0n) is 9.12. The Balaban J connectivity index is 2.36. The van der Waals surface area contributed by atoms with Crippen LogP contribution in [0.4, 0.5) is 4.79 Å². The SMILES string of the molecule is CCCNC(=O)N(C)C(CN)C1CC1. The van der Waals surface area contributed by atoms with E-state index in [-0.39, 0.29) is 12.1 Å². The van der Waals surface area contributed by atoms with Crippen molar-refractivity contribution in [3.63, 3.8) is 0 Å². The molecular weight excluding hydrogens is 178 g/mol. The molecule has 82 valence electrons. The lowest BCUT2D eigenvalue weighted by Gasteiger charge is -2.27. The Bertz CT molecular complexity index is 192. The molecule has 4 nitrogen and oxygen atoms in total. The average molecular weight is 199 g/mol. The minimum Gasteiger partial charge on any atom is -0.338 e. The van der Waals surface area contributed by atoms with E-state index >= 15 is 0 Å². The lowest BCUT2D eigenvalue weighted by molar-refractivity contribution is 0.185. The van der Waals surface area contributed by atoms with Crippen molar-refractivity contribution in [1.82, 2.24) is 10.2 Å². The molecule has 1 fully saturated rings. The molecule has 0 heterocycles. The summed E-state index contributed by atoms with van der Waals surface area (Å²) in [6.45, 7) is 3.35. The molecule has 0 bridgehead atoms. The van der Waals surface area contributed by atoms with E-state index in [4.69, 9.17) is 5.73 Å². The molecule has 14 heavy (non-hydrogen) atoms. The second-order valence-electron chi connectivity index (χ2n) is 3.98. The maximum atomic E-state index is 11.6. The minimum atomic E-state index is 0.00852. The fourth-order valence-electron chi connectivity index (χ4n) is 1.66. The molecule has 1 unspecified atom stereocenters. The van der Waals surface area contributed by atoms with Crippen LogP contribution >= 0.6 is 0 Å². The molecule has 3 N–H and O–H groups in total. The van der Waals surface area contributed by atoms with E-state index in [0.717, 1.165) is 13.0 Å². The van der Waals surface area contributed by atoms with Crippen molar-refractivity contribution in [3.05, 3.63) is 0 Å². The Morgan fingerprint density at radius 2 is 2.29 bits per heavy atom. The Morgan fingerprint density at radius 1 is 1.64 bits per heavy atom. The van der Waals surface area contributed by atoms with Crippen molar-refractivity contribution >= 4 is 6.03 Å². The zero-order chi connectivity index (χ0) is 10.6. The summed E-state index contributed by atoms with van der Waals surface area (Å²) in [7, 11) is 1.83. The fraction of sp³-hybridized carbons (Fsp3) is 0.900. The van der Waals surface area contributed by atoms with E-state index in [9.17, 15) is 4.79 Å². The van der Waals surface area contributed by atoms with Crippen molar-refractivity contribution in [3.8, 4) is 0 Å². The molecule has 0 aromatic heterocycles. The summed E-state index contributed by atoms with van der Waals surface area (Å²) in [4.78, 5) is 13.4. The van der Waals surface area contributed by atoms with Gasteiger partial charge in [-0.1, -0.05) is 6.92 Å². The van der Waals surface area contributed by atoms with Gasteiger partial charge >= 0.3 is 6.03 Å². The van der Waals surface area contributed by atoms with Gasteiger partial charge in [-0.05, 0) is 25.2 Å². The molecular formula is C10H21N3O. The molecule has 1 rings (SSSR count). The van der Waals surface area contributed by atoms with Crippen molar-refractivity contribution in [2.75, 3.05) is 20.1 Å². The predicted molar refractivity (Wildman–Crippen MR) is 57.0 cm³/mol. The highest BCUT2D eigenvalue weighted by molar-refractivity contribution is 5.74. The van der Waals surface area contributed by atoms with Crippen LogP contribution in [0.3, 0.4) is 0 Å². The number of carbonyl (C=O) groups excluding carboxylic acids is 1. The minimum absolute atomic E-state index is 0.00852. The summed E-state index contributed by atoms with van der Waals surface area (Å²) in [5.74, 6) is 0.636. The number of urea groups is 1. The summed E-state index contributed by atoms with van der Waals surface area (Å²) in [6, 6.07) is 0.237. The molecule has 0 radical (unpaired) electrons. The van der Waals surface area contributed by atoms with Gasteiger partial charge in [0.15, 0.2) is 0 Å². The van der Waals surface area contributed by atoms with Crippen molar-refractivity contribution in [1.29, 1.82) is 0 Å². The number of amides is 2. The number of carbonyl (C=O) groups is 1. The topological polar surface area (TPSA) is 58.4 Å². The Kier molecular flexibility index (Phi) is 4.20. The van der Waals surface area contributed by atoms with Gasteiger partial charge in [0, 0.05) is 26.2 Å². The number of nitrogens with two attached hydrogens (primary N) is 1. The van der Waals surface area contributed by atoms with Gasteiger partial charge < -0.3 is 16.0 Å². The number of hydrogen-bond donors (Lipinski definition) is 2. The summed E-state index contributed by atoms with van der Waals surface area (Å²) in [6.07, 6.45) is 3.40. The second-order valence-corrected chi connectivity index (χ2v) is 3.98. The molecule has 4 heteroatoms. The van der Waals surface area contributed by atoms with Crippen LogP contribution in [-0.4, -0.2) is 37.1 Å². The van der Waals surface area contributed by atoms with Crippen LogP contribution in [0.2, 0.25) is 0 Å². The molecule has 0 aromatic rings. The average Bonchev–Trinajstić information content (AvgIpc) is 2.99. The molecule has 1 saturated carbocycles. The molecule has 0 saturated heterocycles. The number of hydrogen-bond acceptors (Lipinski definition) is 2. The van der Waals surface area contributed by atoms with Crippen molar-refractivity contribution < 1.29 is 4.79 Å². The Hall–Kier alpha value is -0.770. The van der Waals surface area contributed by atoms with E-state index in [1.54, 1.807) is 4.90 Å². The van der Waals surface area contributed by atoms with Gasteiger partial charge in [0.25, 0.3) is 0 Å². The Labute approximate surface area is 85.8 Å². The maximum Gasteiger partial charge on any atom is 0.317 e. The van der Waals surface area contributed by atoms with Crippen molar-refractivity contribution in [2.24, 2.45) is 11.7 Å². The van der Waals surface area contributed by atoms with Crippen LogP contribution < -0.4 is 11.1 Å². The highest BCUT2D eigenvalue weighted by Crippen LogP contribution is 2.34. The number of likely N-dealkylation sites (N-methyl/N-ethyl adjacent to an activating group) is 1. The highest BCUT2D eigenvalue weighted by atomic mass is 16.2. The lowest BCUT2D eigenvalue weighted by atomic mass is 10.1. The van der Waals surface area contributed by atoms with Gasteiger partial charge in [0.2, 0.25) is 0 Å². The number of nitrogens with zero attached hydrogens (tertiary/aromatic N) is 1. The van der Waals surface area contributed by atoms with Crippen LogP contribution in [0.5, 0.6) is 0 Å². The van der Waals surface area contributed by atoms with Crippen LogP contribution in [0, 0.1) is 5.92 Å². The van der Waals surface area contributed by atoms with Crippen LogP contribution in [-0.2, 0) is 0 Å². The lowest BCUT2D eigenvalue weighted by Crippen LogP contribution is -2.48. The van der Waals surface area contributed by atoms with Gasteiger partial charge in [-0.3, -0.25) is 0 Å². The molecule has 1 atom stereocenters. The van der Waals surface area contributed by atoms with Gasteiger partial charge in [0.1, 0.15) is 0 Å². The van der Waals surface area contributed by atoms with Gasteiger partial charge in [-0.2, -0.15) is 0 Å². The smallest absolute Gasteiger partial charge is 0.317 e. The predicted octanol–water partition coefficient (Wildman–Crippen LogP) is 0.775. The molecule has 0 aromatic carbocycles. The van der Waals surface area contributed by atoms with Gasteiger partial charge in [0.05, 0.1) is 0 Å². The van der Waals surface area contributed by atoms with E-state index in [0.29, 0.717) is 12.5 Å². The summed E-state index contributed by atoms with van der Waals surface area (Å²) >= 11 is 0. The quantitative estimate of drug-likeness (QED) is 0.687. The van der Waals surface area contributed by atoms with Gasteiger partial charge in [-0.25, -0.2) is 4.79 Å². The van der Waals surface area contributed by atoms with E-state index in [1.807, 2.05) is 14.0 Å². The first-order valence-electron chi connectivity index (χ1n) is 5.41. The third-order valence-electron chi connectivity index (χ3n) is 2.75. The second kappa shape index (κ2) is 5.20. The van der Waals surface area contributed by atoms with E-state index in [2.05, 4.69) is 5.32 Å². The molecule has 1 aliphatic rings. The molecule has 2 amide bonds. The third kappa shape index (κ3) is 2.87. The van der Waals surface area contributed by atoms with Crippen LogP contribution in [0.25, 0.3) is 0 Å². The number of nitrogens with one attached hydrogen (secondary N) is 1. The molecule has 1 aliphatic carbocycles. The maximum absolute atomic E-state index is 11.6. The first-order chi connectivity index (χ1) is 6.70. The van der Waals surface area contributed by atoms with E-state index in [1.165, 1.54) is 12.8 Å². The highest BCUT2D eigenvalue weighted by Gasteiger charge is 2.34. The normalized spacial score (nSPS) is 17.6. The first-order valence-corrected chi connectivity index (χ1v) is 5.41. The first kappa shape index (κ1) is 11.3. The van der Waals surface area contributed by atoms with Crippen LogP contribution in [0.1, 0.15) is 26.2 Å². The van der Waals surface area contributed by atoms with Gasteiger partial charge in [-0.15, -0.1) is 0 Å². The number of rotatable bonds is 5. The monoisotopic (exact) mass is 199 g/mol. The Morgan fingerprint density at radius 3 is 2.71 bits per heavy atom. The molecule has 0 spiro atoms. The summed E-state index contributed by atoms with van der Waals surface area (Å²) in [5, 5.41) is 2.86. The summed E-state index contributed by atoms with van der Waals surface area (Å²) in [5.41, 5.74) is 5.66. The fourth-order valence-corrected chi connectivity index (χ4v) is 1.66. The molecule has 0 aliphatic heterocycles.